The number of aryl methyl sites for hydroxylation is 2. The molecule has 0 saturated carbocycles. The third-order valence-electron chi connectivity index (χ3n) is 5.72. The lowest BCUT2D eigenvalue weighted by Crippen LogP contribution is -2.45. The number of carbonyl (C=O) groups is 1. The number of hydrogen-bond donors (Lipinski definition) is 1. The molecular formula is C21H23N5O. The van der Waals surface area contributed by atoms with Gasteiger partial charge in [0.1, 0.15) is 0 Å². The van der Waals surface area contributed by atoms with E-state index in [1.807, 2.05) is 34.7 Å². The van der Waals surface area contributed by atoms with Crippen LogP contribution in [0.15, 0.2) is 30.5 Å². The molecule has 2 aliphatic rings. The van der Waals surface area contributed by atoms with Crippen molar-refractivity contribution in [3.05, 3.63) is 52.8 Å². The van der Waals surface area contributed by atoms with Crippen LogP contribution in [0.1, 0.15) is 33.6 Å². The smallest absolute Gasteiger partial charge is 0.254 e. The highest BCUT2D eigenvalue weighted by Gasteiger charge is 2.31. The standard InChI is InChI=1S/C21H23N5O/c1-13-9-19(24-26-12-14(2)23-20(13)26)16-3-4-18-15(10-16)6-8-25(21(18)27)17-5-7-22-11-17/h3-4,9-10,12,17,22H,5-8,11H2,1-2H3. The van der Waals surface area contributed by atoms with E-state index in [9.17, 15) is 4.79 Å². The third kappa shape index (κ3) is 2.72. The highest BCUT2D eigenvalue weighted by molar-refractivity contribution is 5.97. The van der Waals surface area contributed by atoms with Gasteiger partial charge in [-0.25, -0.2) is 9.50 Å². The Morgan fingerprint density at radius 1 is 1.22 bits per heavy atom. The predicted octanol–water partition coefficient (Wildman–Crippen LogP) is 2.37. The van der Waals surface area contributed by atoms with Crippen LogP contribution in [0.2, 0.25) is 0 Å². The van der Waals surface area contributed by atoms with Gasteiger partial charge >= 0.3 is 0 Å². The fourth-order valence-corrected chi connectivity index (χ4v) is 4.31. The maximum atomic E-state index is 13.0. The van der Waals surface area contributed by atoms with Crippen LogP contribution in [0, 0.1) is 13.8 Å². The molecule has 1 fully saturated rings. The summed E-state index contributed by atoms with van der Waals surface area (Å²) in [4.78, 5) is 19.5. The van der Waals surface area contributed by atoms with Gasteiger partial charge in [-0.05, 0) is 62.6 Å². The van der Waals surface area contributed by atoms with Gasteiger partial charge < -0.3 is 10.2 Å². The molecule has 138 valence electrons. The van der Waals surface area contributed by atoms with Crippen molar-refractivity contribution in [1.29, 1.82) is 0 Å². The minimum Gasteiger partial charge on any atom is -0.334 e. The van der Waals surface area contributed by atoms with E-state index in [2.05, 4.69) is 29.4 Å². The van der Waals surface area contributed by atoms with E-state index in [-0.39, 0.29) is 5.91 Å². The van der Waals surface area contributed by atoms with Gasteiger partial charge in [-0.3, -0.25) is 4.79 Å². The lowest BCUT2D eigenvalue weighted by atomic mass is 9.94. The zero-order valence-corrected chi connectivity index (χ0v) is 15.7. The van der Waals surface area contributed by atoms with Crippen LogP contribution in [-0.4, -0.2) is 51.1 Å². The molecule has 1 N–H and O–H groups in total. The number of nitrogens with one attached hydrogen (secondary N) is 1. The summed E-state index contributed by atoms with van der Waals surface area (Å²) >= 11 is 0. The number of nitrogens with zero attached hydrogens (tertiary/aromatic N) is 4. The van der Waals surface area contributed by atoms with Crippen LogP contribution >= 0.6 is 0 Å². The molecule has 1 saturated heterocycles. The predicted molar refractivity (Wildman–Crippen MR) is 104 cm³/mol. The maximum Gasteiger partial charge on any atom is 0.254 e. The molecule has 0 spiro atoms. The summed E-state index contributed by atoms with van der Waals surface area (Å²) in [7, 11) is 0. The second kappa shape index (κ2) is 6.16. The zero-order valence-electron chi connectivity index (χ0n) is 15.7. The molecule has 3 aromatic rings. The molecule has 1 amide bonds. The lowest BCUT2D eigenvalue weighted by molar-refractivity contribution is 0.0674. The van der Waals surface area contributed by atoms with E-state index in [4.69, 9.17) is 5.10 Å². The van der Waals surface area contributed by atoms with Crippen LogP contribution < -0.4 is 5.32 Å². The normalized spacial score (nSPS) is 19.7. The number of imidazole rings is 1. The van der Waals surface area contributed by atoms with Crippen molar-refractivity contribution in [2.24, 2.45) is 0 Å². The molecular weight excluding hydrogens is 338 g/mol. The Hall–Kier alpha value is -2.73. The molecule has 0 bridgehead atoms. The number of amides is 1. The van der Waals surface area contributed by atoms with Crippen molar-refractivity contribution in [2.75, 3.05) is 19.6 Å². The number of rotatable bonds is 2. The molecule has 1 atom stereocenters. The van der Waals surface area contributed by atoms with E-state index in [0.717, 1.165) is 71.8 Å². The average Bonchev–Trinajstić information content (AvgIpc) is 3.31. The van der Waals surface area contributed by atoms with E-state index in [1.165, 1.54) is 0 Å². The third-order valence-corrected chi connectivity index (χ3v) is 5.72. The Bertz CT molecular complexity index is 1050. The van der Waals surface area contributed by atoms with Gasteiger partial charge in [-0.1, -0.05) is 6.07 Å². The summed E-state index contributed by atoms with van der Waals surface area (Å²) in [5.41, 5.74) is 6.88. The van der Waals surface area contributed by atoms with Gasteiger partial charge in [-0.2, -0.15) is 5.10 Å². The quantitative estimate of drug-likeness (QED) is 0.761. The largest absolute Gasteiger partial charge is 0.334 e. The minimum atomic E-state index is 0.168. The molecule has 4 heterocycles. The average molecular weight is 361 g/mol. The topological polar surface area (TPSA) is 62.5 Å². The van der Waals surface area contributed by atoms with Crippen LogP contribution in [0.4, 0.5) is 0 Å². The SMILES string of the molecule is Cc1cn2nc(-c3ccc4c(c3)CCN(C3CCNC3)C4=O)cc(C)c2n1. The molecule has 5 rings (SSSR count). The Kier molecular flexibility index (Phi) is 3.75. The Morgan fingerprint density at radius 3 is 2.93 bits per heavy atom. The lowest BCUT2D eigenvalue weighted by Gasteiger charge is -2.33. The summed E-state index contributed by atoms with van der Waals surface area (Å²) in [5.74, 6) is 0.168. The van der Waals surface area contributed by atoms with Crippen LogP contribution in [-0.2, 0) is 6.42 Å². The number of carbonyl (C=O) groups excluding carboxylic acids is 1. The summed E-state index contributed by atoms with van der Waals surface area (Å²) < 4.78 is 1.85. The summed E-state index contributed by atoms with van der Waals surface area (Å²) in [6, 6.07) is 8.54. The number of aromatic nitrogens is 3. The van der Waals surface area contributed by atoms with Crippen molar-refractivity contribution in [1.82, 2.24) is 24.8 Å². The first-order chi connectivity index (χ1) is 13.1. The van der Waals surface area contributed by atoms with Gasteiger partial charge in [0, 0.05) is 30.3 Å². The summed E-state index contributed by atoms with van der Waals surface area (Å²) in [6.07, 6.45) is 3.89. The molecule has 0 radical (unpaired) electrons. The molecule has 1 aromatic carbocycles. The number of fused-ring (bicyclic) bond motifs is 2. The Labute approximate surface area is 158 Å². The van der Waals surface area contributed by atoms with Crippen LogP contribution in [0.5, 0.6) is 0 Å². The fourth-order valence-electron chi connectivity index (χ4n) is 4.31. The van der Waals surface area contributed by atoms with Crippen LogP contribution in [0.3, 0.4) is 0 Å². The minimum absolute atomic E-state index is 0.168. The van der Waals surface area contributed by atoms with Crippen LogP contribution in [0.25, 0.3) is 16.9 Å². The van der Waals surface area contributed by atoms with Gasteiger partial charge in [0.05, 0.1) is 17.6 Å². The zero-order chi connectivity index (χ0) is 18.5. The van der Waals surface area contributed by atoms with Gasteiger partial charge in [0.25, 0.3) is 5.91 Å². The molecule has 6 heteroatoms. The highest BCUT2D eigenvalue weighted by atomic mass is 16.2. The molecule has 6 nitrogen and oxygen atoms in total. The summed E-state index contributed by atoms with van der Waals surface area (Å²) in [6.45, 7) is 6.74. The number of benzene rings is 1. The van der Waals surface area contributed by atoms with E-state index in [0.29, 0.717) is 6.04 Å². The van der Waals surface area contributed by atoms with Gasteiger partial charge in [0.15, 0.2) is 5.65 Å². The molecule has 27 heavy (non-hydrogen) atoms. The molecule has 2 aromatic heterocycles. The first kappa shape index (κ1) is 16.4. The van der Waals surface area contributed by atoms with E-state index >= 15 is 0 Å². The van der Waals surface area contributed by atoms with E-state index < -0.39 is 0 Å². The van der Waals surface area contributed by atoms with Crippen molar-refractivity contribution >= 4 is 11.6 Å². The summed E-state index contributed by atoms with van der Waals surface area (Å²) in [5, 5.41) is 8.08. The number of hydrogen-bond acceptors (Lipinski definition) is 4. The van der Waals surface area contributed by atoms with Gasteiger partial charge in [0.2, 0.25) is 0 Å². The Morgan fingerprint density at radius 2 is 2.11 bits per heavy atom. The van der Waals surface area contributed by atoms with E-state index in [1.54, 1.807) is 0 Å². The van der Waals surface area contributed by atoms with Crippen molar-refractivity contribution in [3.8, 4) is 11.3 Å². The first-order valence-electron chi connectivity index (χ1n) is 9.59. The second-order valence-corrected chi connectivity index (χ2v) is 7.63. The monoisotopic (exact) mass is 361 g/mol. The second-order valence-electron chi connectivity index (χ2n) is 7.63. The van der Waals surface area contributed by atoms with Crippen molar-refractivity contribution in [3.63, 3.8) is 0 Å². The van der Waals surface area contributed by atoms with Crippen molar-refractivity contribution in [2.45, 2.75) is 32.7 Å². The van der Waals surface area contributed by atoms with Gasteiger partial charge in [-0.15, -0.1) is 0 Å². The highest BCUT2D eigenvalue weighted by Crippen LogP contribution is 2.28. The first-order valence-corrected chi connectivity index (χ1v) is 9.59. The van der Waals surface area contributed by atoms with Crippen molar-refractivity contribution < 1.29 is 4.79 Å². The molecule has 2 aliphatic heterocycles. The Balaban J connectivity index is 1.51. The fraction of sp³-hybridized carbons (Fsp3) is 0.381. The maximum absolute atomic E-state index is 13.0. The molecule has 0 aliphatic carbocycles. The molecule has 1 unspecified atom stereocenters.